The van der Waals surface area contributed by atoms with Gasteiger partial charge in [-0.1, -0.05) is 13.8 Å². The van der Waals surface area contributed by atoms with Crippen molar-refractivity contribution in [1.29, 1.82) is 0 Å². The lowest BCUT2D eigenvalue weighted by atomic mass is 9.72. The summed E-state index contributed by atoms with van der Waals surface area (Å²) in [5.74, 6) is 0.623. The van der Waals surface area contributed by atoms with Crippen molar-refractivity contribution in [1.82, 2.24) is 20.0 Å². The number of rotatable bonds is 6. The summed E-state index contributed by atoms with van der Waals surface area (Å²) in [4.78, 5) is 2.38. The molecule has 0 atom stereocenters. The van der Waals surface area contributed by atoms with E-state index in [1.165, 1.54) is 43.4 Å². The number of nitrogens with zero attached hydrogens (tertiary/aromatic N) is 3. The van der Waals surface area contributed by atoms with E-state index in [0.717, 1.165) is 26.2 Å². The number of hydrogen-bond donors (Lipinski definition) is 1. The molecule has 1 aliphatic carbocycles. The smallest absolute Gasteiger partial charge is 0.0689 e. The fourth-order valence-electron chi connectivity index (χ4n) is 4.87. The minimum absolute atomic E-state index is 0.155. The van der Waals surface area contributed by atoms with Gasteiger partial charge in [0.15, 0.2) is 0 Å². The van der Waals surface area contributed by atoms with Crippen molar-refractivity contribution in [2.24, 2.45) is 12.5 Å². The van der Waals surface area contributed by atoms with Gasteiger partial charge in [-0.05, 0) is 51.6 Å². The maximum Gasteiger partial charge on any atom is 0.0689 e. The first-order valence-corrected chi connectivity index (χ1v) is 9.82. The minimum atomic E-state index is 0.155. The van der Waals surface area contributed by atoms with Crippen molar-refractivity contribution < 1.29 is 4.74 Å². The molecule has 3 rings (SSSR count). The number of likely N-dealkylation sites (N-methyl/N-ethyl adjacent to an activating group) is 2. The van der Waals surface area contributed by atoms with Crippen molar-refractivity contribution in [3.8, 4) is 0 Å². The molecule has 1 spiro atoms. The van der Waals surface area contributed by atoms with E-state index >= 15 is 0 Å². The van der Waals surface area contributed by atoms with E-state index in [1.807, 2.05) is 7.05 Å². The van der Waals surface area contributed by atoms with Gasteiger partial charge < -0.3 is 15.0 Å². The molecule has 5 heteroatoms. The zero-order valence-corrected chi connectivity index (χ0v) is 16.8. The Morgan fingerprint density at radius 2 is 2.08 bits per heavy atom. The van der Waals surface area contributed by atoms with Gasteiger partial charge in [0, 0.05) is 43.9 Å². The third kappa shape index (κ3) is 4.26. The summed E-state index contributed by atoms with van der Waals surface area (Å²) in [5, 5.41) is 7.81. The molecule has 2 heterocycles. The third-order valence-corrected chi connectivity index (χ3v) is 6.10. The Morgan fingerprint density at radius 3 is 2.68 bits per heavy atom. The van der Waals surface area contributed by atoms with Crippen LogP contribution in [0, 0.1) is 5.41 Å². The zero-order chi connectivity index (χ0) is 18.1. The highest BCUT2D eigenvalue weighted by Crippen LogP contribution is 2.50. The number of hydrogen-bond acceptors (Lipinski definition) is 4. The van der Waals surface area contributed by atoms with Gasteiger partial charge in [0.05, 0.1) is 18.4 Å². The van der Waals surface area contributed by atoms with Crippen LogP contribution in [0.5, 0.6) is 0 Å². The van der Waals surface area contributed by atoms with Crippen LogP contribution in [-0.2, 0) is 18.3 Å². The van der Waals surface area contributed by atoms with Crippen molar-refractivity contribution >= 4 is 0 Å². The van der Waals surface area contributed by atoms with Crippen LogP contribution in [-0.4, -0.2) is 54.1 Å². The largest absolute Gasteiger partial charge is 0.374 e. The van der Waals surface area contributed by atoms with Crippen LogP contribution in [0.3, 0.4) is 0 Å². The Hall–Kier alpha value is -0.910. The van der Waals surface area contributed by atoms with Gasteiger partial charge in [-0.15, -0.1) is 0 Å². The molecule has 1 aromatic heterocycles. The van der Waals surface area contributed by atoms with Crippen molar-refractivity contribution in [2.45, 2.75) is 64.0 Å². The van der Waals surface area contributed by atoms with E-state index in [9.17, 15) is 0 Å². The van der Waals surface area contributed by atoms with E-state index in [-0.39, 0.29) is 5.60 Å². The first-order valence-electron chi connectivity index (χ1n) is 9.82. The number of ether oxygens (including phenoxy) is 1. The van der Waals surface area contributed by atoms with E-state index in [4.69, 9.17) is 4.74 Å². The average Bonchev–Trinajstić information content (AvgIpc) is 3.07. The van der Waals surface area contributed by atoms with Crippen molar-refractivity contribution in [3.63, 3.8) is 0 Å². The fraction of sp³-hybridized carbons (Fsp3) is 0.850. The van der Waals surface area contributed by atoms with Crippen LogP contribution in [0.4, 0.5) is 0 Å². The minimum Gasteiger partial charge on any atom is -0.374 e. The molecule has 1 aliphatic heterocycles. The molecule has 5 nitrogen and oxygen atoms in total. The Balaban J connectivity index is 1.64. The molecule has 1 saturated heterocycles. The Morgan fingerprint density at radius 1 is 1.36 bits per heavy atom. The predicted octanol–water partition coefficient (Wildman–Crippen LogP) is 2.91. The second-order valence-corrected chi connectivity index (χ2v) is 9.11. The molecule has 0 aromatic carbocycles. The molecule has 25 heavy (non-hydrogen) atoms. The number of aryl methyl sites for hydroxylation is 1. The van der Waals surface area contributed by atoms with Gasteiger partial charge in [0.2, 0.25) is 0 Å². The molecule has 0 radical (unpaired) electrons. The van der Waals surface area contributed by atoms with Crippen molar-refractivity contribution in [3.05, 3.63) is 17.5 Å². The lowest BCUT2D eigenvalue weighted by Gasteiger charge is -2.37. The first-order chi connectivity index (χ1) is 11.8. The van der Waals surface area contributed by atoms with E-state index < -0.39 is 0 Å². The molecule has 0 amide bonds. The third-order valence-electron chi connectivity index (χ3n) is 6.10. The molecule has 1 aromatic rings. The first kappa shape index (κ1) is 18.9. The molecule has 1 N–H and O–H groups in total. The lowest BCUT2D eigenvalue weighted by Crippen LogP contribution is -2.34. The summed E-state index contributed by atoms with van der Waals surface area (Å²) in [6, 6.07) is 0. The fourth-order valence-corrected chi connectivity index (χ4v) is 4.87. The molecule has 0 bridgehead atoms. The lowest BCUT2D eigenvalue weighted by molar-refractivity contribution is -0.0298. The standard InChI is InChI=1S/C20H36N4O/c1-19(2)14-20(25-15-19)8-6-16(7-9-20)18-17(12-22-24(18)5)13-23(4)11-10-21-3/h12,16,21H,6-11,13-15H2,1-5H3/t16-,20+. The Bertz CT molecular complexity index is 572. The van der Waals surface area contributed by atoms with Gasteiger partial charge >= 0.3 is 0 Å². The average molecular weight is 349 g/mol. The monoisotopic (exact) mass is 348 g/mol. The molecule has 142 valence electrons. The zero-order valence-electron chi connectivity index (χ0n) is 16.8. The maximum absolute atomic E-state index is 6.29. The Kier molecular flexibility index (Phi) is 5.57. The molecule has 0 unspecified atom stereocenters. The number of nitrogens with one attached hydrogen (secondary N) is 1. The van der Waals surface area contributed by atoms with E-state index in [2.05, 4.69) is 54.1 Å². The SMILES string of the molecule is CNCCN(C)Cc1cnn(C)c1[C@H]1CC[C@@]2(CC1)CC(C)(C)CO2. The summed E-state index contributed by atoms with van der Waals surface area (Å²) in [6.07, 6.45) is 8.14. The molecule has 2 aliphatic rings. The quantitative estimate of drug-likeness (QED) is 0.858. The highest BCUT2D eigenvalue weighted by atomic mass is 16.5. The van der Waals surface area contributed by atoms with Crippen molar-refractivity contribution in [2.75, 3.05) is 33.8 Å². The number of aromatic nitrogens is 2. The van der Waals surface area contributed by atoms with Crippen LogP contribution >= 0.6 is 0 Å². The summed E-state index contributed by atoms with van der Waals surface area (Å²) in [7, 11) is 6.30. The van der Waals surface area contributed by atoms with Gasteiger partial charge in [0.25, 0.3) is 0 Å². The normalized spacial score (nSPS) is 29.0. The van der Waals surface area contributed by atoms with Crippen LogP contribution < -0.4 is 5.32 Å². The molecule has 1 saturated carbocycles. The van der Waals surface area contributed by atoms with Crippen LogP contribution in [0.25, 0.3) is 0 Å². The summed E-state index contributed by atoms with van der Waals surface area (Å²) >= 11 is 0. The molecule has 2 fully saturated rings. The van der Waals surface area contributed by atoms with Gasteiger partial charge in [-0.2, -0.15) is 5.10 Å². The van der Waals surface area contributed by atoms with Gasteiger partial charge in [-0.3, -0.25) is 4.68 Å². The van der Waals surface area contributed by atoms with E-state index in [1.54, 1.807) is 0 Å². The summed E-state index contributed by atoms with van der Waals surface area (Å²) < 4.78 is 8.41. The predicted molar refractivity (Wildman–Crippen MR) is 102 cm³/mol. The Labute approximate surface area is 153 Å². The van der Waals surface area contributed by atoms with Gasteiger partial charge in [-0.25, -0.2) is 0 Å². The topological polar surface area (TPSA) is 42.3 Å². The second-order valence-electron chi connectivity index (χ2n) is 9.11. The second kappa shape index (κ2) is 7.37. The van der Waals surface area contributed by atoms with Crippen LogP contribution in [0.15, 0.2) is 6.20 Å². The summed E-state index contributed by atoms with van der Waals surface area (Å²) in [5.41, 5.74) is 3.35. The molecular weight excluding hydrogens is 312 g/mol. The molecular formula is C20H36N4O. The maximum atomic E-state index is 6.29. The van der Waals surface area contributed by atoms with Crippen LogP contribution in [0.1, 0.15) is 63.1 Å². The highest BCUT2D eigenvalue weighted by Gasteiger charge is 2.46. The van der Waals surface area contributed by atoms with Gasteiger partial charge in [0.1, 0.15) is 0 Å². The van der Waals surface area contributed by atoms with Crippen LogP contribution in [0.2, 0.25) is 0 Å². The van der Waals surface area contributed by atoms with E-state index in [0.29, 0.717) is 11.3 Å². The summed E-state index contributed by atoms with van der Waals surface area (Å²) in [6.45, 7) is 8.66. The highest BCUT2D eigenvalue weighted by molar-refractivity contribution is 5.23.